The van der Waals surface area contributed by atoms with Gasteiger partial charge < -0.3 is 26.3 Å². The van der Waals surface area contributed by atoms with Crippen LogP contribution in [0.15, 0.2) is 11.2 Å². The van der Waals surface area contributed by atoms with Crippen molar-refractivity contribution in [2.75, 3.05) is 6.61 Å². The number of guanidine groups is 1. The van der Waals surface area contributed by atoms with Crippen molar-refractivity contribution in [2.45, 2.75) is 25.0 Å². The number of amidine groups is 1. The van der Waals surface area contributed by atoms with E-state index in [9.17, 15) is 0 Å². The number of aliphatic imine (C=N–C) groups is 1. The first-order valence-corrected chi connectivity index (χ1v) is 5.60. The summed E-state index contributed by atoms with van der Waals surface area (Å²) in [6, 6.07) is 0. The summed E-state index contributed by atoms with van der Waals surface area (Å²) in [5.41, 5.74) is 11.5. The van der Waals surface area contributed by atoms with Crippen LogP contribution in [0.4, 0.5) is 0 Å². The quantitative estimate of drug-likeness (QED) is 0.353. The summed E-state index contributed by atoms with van der Waals surface area (Å²) >= 11 is 0. The summed E-state index contributed by atoms with van der Waals surface area (Å²) in [5.74, 6) is 0.0459. The van der Waals surface area contributed by atoms with Gasteiger partial charge in [0, 0.05) is 0 Å². The number of nitrogens with one attached hydrogen (secondary N) is 2. The van der Waals surface area contributed by atoms with Gasteiger partial charge in [-0.3, -0.25) is 5.41 Å². The number of aliphatic hydroxyl groups is 1. The number of ether oxygens (including phenoxy) is 1. The van der Waals surface area contributed by atoms with Gasteiger partial charge in [0.25, 0.3) is 0 Å². The molecule has 1 aromatic rings. The predicted molar refractivity (Wildman–Crippen MR) is 65.2 cm³/mol. The lowest BCUT2D eigenvalue weighted by Gasteiger charge is -2.09. The summed E-state index contributed by atoms with van der Waals surface area (Å²) in [6.45, 7) is 0.0193. The van der Waals surface area contributed by atoms with Crippen molar-refractivity contribution >= 4 is 11.8 Å². The van der Waals surface area contributed by atoms with Crippen LogP contribution in [0.25, 0.3) is 0 Å². The molecule has 0 aromatic carbocycles. The monoisotopic (exact) mass is 252 g/mol. The van der Waals surface area contributed by atoms with E-state index >= 15 is 0 Å². The van der Waals surface area contributed by atoms with E-state index < -0.39 is 0 Å². The van der Waals surface area contributed by atoms with Crippen molar-refractivity contribution in [3.8, 4) is 0 Å². The van der Waals surface area contributed by atoms with Gasteiger partial charge in [0.1, 0.15) is 0 Å². The Hall–Kier alpha value is -1.93. The van der Waals surface area contributed by atoms with Crippen LogP contribution in [-0.2, 0) is 4.74 Å². The van der Waals surface area contributed by atoms with Gasteiger partial charge in [-0.15, -0.1) is 0 Å². The predicted octanol–water partition coefficient (Wildman–Crippen LogP) is -0.779. The highest BCUT2D eigenvalue weighted by Gasteiger charge is 2.27. The Morgan fingerprint density at radius 2 is 2.39 bits per heavy atom. The zero-order valence-corrected chi connectivity index (χ0v) is 9.76. The van der Waals surface area contributed by atoms with Crippen molar-refractivity contribution in [2.24, 2.45) is 16.5 Å². The third-order valence-corrected chi connectivity index (χ3v) is 2.74. The fourth-order valence-electron chi connectivity index (χ4n) is 1.88. The molecule has 98 valence electrons. The summed E-state index contributed by atoms with van der Waals surface area (Å²) in [6.07, 6.45) is 3.00. The first kappa shape index (κ1) is 12.5. The molecular formula is C10H16N6O2. The average molecular weight is 252 g/mol. The van der Waals surface area contributed by atoms with Crippen LogP contribution in [0.5, 0.6) is 0 Å². The number of nitrogens with zero attached hydrogens (tertiary/aromatic N) is 2. The van der Waals surface area contributed by atoms with Crippen molar-refractivity contribution in [3.05, 3.63) is 17.7 Å². The van der Waals surface area contributed by atoms with E-state index in [0.717, 1.165) is 18.5 Å². The highest BCUT2D eigenvalue weighted by molar-refractivity contribution is 6.01. The molecule has 0 spiro atoms. The number of hydrogen-bond donors (Lipinski definition) is 5. The minimum atomic E-state index is -0.372. The molecule has 8 heteroatoms. The molecule has 1 saturated heterocycles. The van der Waals surface area contributed by atoms with E-state index in [1.807, 2.05) is 0 Å². The molecule has 8 nitrogen and oxygen atoms in total. The molecule has 2 unspecified atom stereocenters. The second kappa shape index (κ2) is 5.15. The van der Waals surface area contributed by atoms with E-state index in [1.165, 1.54) is 0 Å². The molecule has 1 fully saturated rings. The Kier molecular flexibility index (Phi) is 3.58. The van der Waals surface area contributed by atoms with Crippen LogP contribution in [0.1, 0.15) is 30.5 Å². The Morgan fingerprint density at radius 3 is 3.00 bits per heavy atom. The third kappa shape index (κ3) is 2.66. The van der Waals surface area contributed by atoms with Gasteiger partial charge in [0.05, 0.1) is 30.7 Å². The van der Waals surface area contributed by atoms with Gasteiger partial charge in [-0.25, -0.2) is 4.98 Å². The second-order valence-corrected chi connectivity index (χ2v) is 4.08. The second-order valence-electron chi connectivity index (χ2n) is 4.08. The number of rotatable bonds is 3. The van der Waals surface area contributed by atoms with Crippen molar-refractivity contribution in [1.82, 2.24) is 9.97 Å². The minimum absolute atomic E-state index is 0.0193. The zero-order chi connectivity index (χ0) is 13.1. The molecule has 1 aliphatic rings. The van der Waals surface area contributed by atoms with Gasteiger partial charge in [-0.2, -0.15) is 4.99 Å². The van der Waals surface area contributed by atoms with Crippen LogP contribution >= 0.6 is 0 Å². The number of aromatic nitrogens is 2. The van der Waals surface area contributed by atoms with E-state index in [2.05, 4.69) is 15.0 Å². The zero-order valence-electron chi connectivity index (χ0n) is 9.76. The molecule has 1 aromatic heterocycles. The summed E-state index contributed by atoms with van der Waals surface area (Å²) < 4.78 is 5.60. The fraction of sp³-hybridized carbons (Fsp3) is 0.500. The van der Waals surface area contributed by atoms with Crippen molar-refractivity contribution < 1.29 is 9.84 Å². The largest absolute Gasteiger partial charge is 0.394 e. The SMILES string of the molecule is N=C(N)N=C(N)c1ncc(C2CCC(CO)O2)[nH]1. The van der Waals surface area contributed by atoms with Crippen molar-refractivity contribution in [3.63, 3.8) is 0 Å². The molecule has 0 amide bonds. The number of nitrogens with two attached hydrogens (primary N) is 2. The van der Waals surface area contributed by atoms with E-state index in [4.69, 9.17) is 26.7 Å². The molecule has 0 saturated carbocycles. The average Bonchev–Trinajstić information content (AvgIpc) is 2.96. The molecular weight excluding hydrogens is 236 g/mol. The highest BCUT2D eigenvalue weighted by Crippen LogP contribution is 2.31. The molecule has 0 bridgehead atoms. The molecule has 2 rings (SSSR count). The van der Waals surface area contributed by atoms with Gasteiger partial charge in [0.15, 0.2) is 11.7 Å². The molecule has 0 radical (unpaired) electrons. The maximum atomic E-state index is 9.00. The lowest BCUT2D eigenvalue weighted by atomic mass is 10.1. The van der Waals surface area contributed by atoms with Crippen LogP contribution in [0, 0.1) is 5.41 Å². The number of hydrogen-bond acceptors (Lipinski definition) is 4. The summed E-state index contributed by atoms with van der Waals surface area (Å²) in [7, 11) is 0. The van der Waals surface area contributed by atoms with Gasteiger partial charge in [-0.05, 0) is 12.8 Å². The molecule has 1 aliphatic heterocycles. The lowest BCUT2D eigenvalue weighted by Crippen LogP contribution is -2.20. The fourth-order valence-corrected chi connectivity index (χ4v) is 1.88. The van der Waals surface area contributed by atoms with Crippen LogP contribution in [0.3, 0.4) is 0 Å². The van der Waals surface area contributed by atoms with Crippen LogP contribution in [-0.4, -0.2) is 39.6 Å². The third-order valence-electron chi connectivity index (χ3n) is 2.74. The van der Waals surface area contributed by atoms with Gasteiger partial charge >= 0.3 is 0 Å². The van der Waals surface area contributed by atoms with Crippen molar-refractivity contribution in [1.29, 1.82) is 5.41 Å². The summed E-state index contributed by atoms with van der Waals surface area (Å²) in [5, 5.41) is 16.0. The van der Waals surface area contributed by atoms with E-state index in [-0.39, 0.29) is 30.6 Å². The Morgan fingerprint density at radius 1 is 1.61 bits per heavy atom. The molecule has 18 heavy (non-hydrogen) atoms. The van der Waals surface area contributed by atoms with Crippen LogP contribution < -0.4 is 11.5 Å². The Labute approximate surface area is 104 Å². The highest BCUT2D eigenvalue weighted by atomic mass is 16.5. The number of aromatic amines is 1. The normalized spacial score (nSPS) is 24.4. The molecule has 2 heterocycles. The maximum absolute atomic E-state index is 9.00. The maximum Gasteiger partial charge on any atom is 0.214 e. The van der Waals surface area contributed by atoms with Gasteiger partial charge in [0.2, 0.25) is 5.96 Å². The minimum Gasteiger partial charge on any atom is -0.394 e. The van der Waals surface area contributed by atoms with Gasteiger partial charge in [-0.1, -0.05) is 0 Å². The smallest absolute Gasteiger partial charge is 0.214 e. The molecule has 2 atom stereocenters. The summed E-state index contributed by atoms with van der Waals surface area (Å²) in [4.78, 5) is 10.6. The van der Waals surface area contributed by atoms with Crippen LogP contribution in [0.2, 0.25) is 0 Å². The first-order chi connectivity index (χ1) is 8.60. The lowest BCUT2D eigenvalue weighted by molar-refractivity contribution is 0.00939. The standard InChI is InChI=1S/C10H16N6O2/c11-8(16-10(12)13)9-14-3-6(15-9)7-2-1-5(4-17)18-7/h3,5,7,17H,1-2,4H2,(H,14,15)(H5,11,12,13,16). The topological polar surface area (TPSA) is 146 Å². The first-order valence-electron chi connectivity index (χ1n) is 5.60. The van der Waals surface area contributed by atoms with E-state index in [1.54, 1.807) is 6.20 Å². The number of H-pyrrole nitrogens is 1. The Balaban J connectivity index is 2.09. The van der Waals surface area contributed by atoms with E-state index in [0.29, 0.717) is 5.82 Å². The molecule has 0 aliphatic carbocycles. The number of imidazole rings is 1. The molecule has 7 N–H and O–H groups in total. The Bertz CT molecular complexity index is 469. The number of aliphatic hydroxyl groups excluding tert-OH is 1.